The Labute approximate surface area is 113 Å². The van der Waals surface area contributed by atoms with Crippen LogP contribution in [0.5, 0.6) is 0 Å². The lowest BCUT2D eigenvalue weighted by molar-refractivity contribution is -0.120. The molecule has 2 aromatic rings. The third kappa shape index (κ3) is 2.96. The maximum atomic E-state index is 11.9. The van der Waals surface area contributed by atoms with Crippen LogP contribution in [0, 0.1) is 0 Å². The van der Waals surface area contributed by atoms with Crippen LogP contribution in [0.3, 0.4) is 0 Å². The first-order valence-electron chi connectivity index (χ1n) is 6.61. The Kier molecular flexibility index (Phi) is 3.62. The highest BCUT2D eigenvalue weighted by Crippen LogP contribution is 2.21. The van der Waals surface area contributed by atoms with Gasteiger partial charge in [-0.05, 0) is 43.9 Å². The Hall–Kier alpha value is -1.81. The van der Waals surface area contributed by atoms with E-state index in [4.69, 9.17) is 5.73 Å². The smallest absolute Gasteiger partial charge is 0.243 e. The monoisotopic (exact) mass is 259 g/mol. The largest absolute Gasteiger partial charge is 0.347 e. The van der Waals surface area contributed by atoms with Crippen molar-refractivity contribution >= 4 is 22.5 Å². The molecule has 0 atom stereocenters. The first-order valence-corrected chi connectivity index (χ1v) is 6.61. The van der Waals surface area contributed by atoms with E-state index >= 15 is 0 Å². The summed E-state index contributed by atoms with van der Waals surface area (Å²) in [6.45, 7) is 6.51. The number of hydrogen-bond acceptors (Lipinski definition) is 2. The molecule has 4 nitrogen and oxygen atoms in total. The molecule has 0 saturated carbocycles. The molecular formula is C15H21N3O. The summed E-state index contributed by atoms with van der Waals surface area (Å²) < 4.78 is 2.19. The first kappa shape index (κ1) is 13.6. The number of rotatable bonds is 4. The van der Waals surface area contributed by atoms with Crippen LogP contribution in [0.25, 0.3) is 10.9 Å². The van der Waals surface area contributed by atoms with Crippen LogP contribution in [0.4, 0.5) is 5.69 Å². The number of nitrogens with zero attached hydrogens (tertiary/aromatic N) is 1. The van der Waals surface area contributed by atoms with Crippen LogP contribution in [0.1, 0.15) is 27.2 Å². The standard InChI is InChI=1S/C15H21N3O/c1-4-8-18-9-7-11-5-6-12(10-13(11)18)17-14(19)15(2,3)16/h5-7,9-10H,4,8,16H2,1-3H3,(H,17,19). The van der Waals surface area contributed by atoms with E-state index in [1.807, 2.05) is 18.2 Å². The number of anilines is 1. The summed E-state index contributed by atoms with van der Waals surface area (Å²) in [5.41, 5.74) is 6.82. The van der Waals surface area contributed by atoms with Crippen LogP contribution < -0.4 is 11.1 Å². The van der Waals surface area contributed by atoms with Crippen molar-refractivity contribution in [3.63, 3.8) is 0 Å². The molecule has 19 heavy (non-hydrogen) atoms. The molecule has 0 aliphatic carbocycles. The maximum Gasteiger partial charge on any atom is 0.243 e. The number of fused-ring (bicyclic) bond motifs is 1. The van der Waals surface area contributed by atoms with Gasteiger partial charge in [-0.2, -0.15) is 0 Å². The van der Waals surface area contributed by atoms with Gasteiger partial charge in [0.15, 0.2) is 0 Å². The second kappa shape index (κ2) is 5.05. The molecule has 1 aromatic carbocycles. The molecule has 0 bridgehead atoms. The molecule has 4 heteroatoms. The van der Waals surface area contributed by atoms with Crippen molar-refractivity contribution < 1.29 is 4.79 Å². The molecule has 0 aliphatic rings. The summed E-state index contributed by atoms with van der Waals surface area (Å²) in [6, 6.07) is 8.00. The number of benzene rings is 1. The summed E-state index contributed by atoms with van der Waals surface area (Å²) in [7, 11) is 0. The zero-order chi connectivity index (χ0) is 14.0. The first-order chi connectivity index (χ1) is 8.91. The van der Waals surface area contributed by atoms with Crippen molar-refractivity contribution in [3.8, 4) is 0 Å². The second-order valence-corrected chi connectivity index (χ2v) is 5.46. The highest BCUT2D eigenvalue weighted by molar-refractivity contribution is 5.98. The second-order valence-electron chi connectivity index (χ2n) is 5.46. The van der Waals surface area contributed by atoms with E-state index in [1.54, 1.807) is 13.8 Å². The highest BCUT2D eigenvalue weighted by atomic mass is 16.2. The fraction of sp³-hybridized carbons (Fsp3) is 0.400. The number of carbonyl (C=O) groups is 1. The van der Waals surface area contributed by atoms with Gasteiger partial charge in [-0.3, -0.25) is 4.79 Å². The number of nitrogens with one attached hydrogen (secondary N) is 1. The number of aromatic nitrogens is 1. The normalized spacial score (nSPS) is 11.8. The molecule has 0 fully saturated rings. The van der Waals surface area contributed by atoms with E-state index in [2.05, 4.69) is 29.1 Å². The van der Waals surface area contributed by atoms with Crippen molar-refractivity contribution in [2.45, 2.75) is 39.3 Å². The van der Waals surface area contributed by atoms with E-state index in [0.717, 1.165) is 24.2 Å². The molecule has 0 saturated heterocycles. The fourth-order valence-corrected chi connectivity index (χ4v) is 1.99. The van der Waals surface area contributed by atoms with Crippen LogP contribution in [0.15, 0.2) is 30.5 Å². The van der Waals surface area contributed by atoms with Gasteiger partial charge < -0.3 is 15.6 Å². The molecule has 3 N–H and O–H groups in total. The van der Waals surface area contributed by atoms with Gasteiger partial charge in [0, 0.05) is 18.4 Å². The van der Waals surface area contributed by atoms with Gasteiger partial charge in [-0.1, -0.05) is 13.0 Å². The van der Waals surface area contributed by atoms with Crippen molar-refractivity contribution in [3.05, 3.63) is 30.5 Å². The molecule has 1 amide bonds. The van der Waals surface area contributed by atoms with Gasteiger partial charge in [0.2, 0.25) is 5.91 Å². The van der Waals surface area contributed by atoms with Gasteiger partial charge in [-0.25, -0.2) is 0 Å². The summed E-state index contributed by atoms with van der Waals surface area (Å²) >= 11 is 0. The minimum atomic E-state index is -0.875. The number of nitrogens with two attached hydrogens (primary N) is 1. The van der Waals surface area contributed by atoms with Crippen molar-refractivity contribution in [1.82, 2.24) is 4.57 Å². The van der Waals surface area contributed by atoms with Crippen molar-refractivity contribution in [2.75, 3.05) is 5.32 Å². The minimum absolute atomic E-state index is 0.180. The Morgan fingerprint density at radius 1 is 1.37 bits per heavy atom. The average Bonchev–Trinajstić information content (AvgIpc) is 2.71. The lowest BCUT2D eigenvalue weighted by Gasteiger charge is -2.18. The van der Waals surface area contributed by atoms with Gasteiger partial charge >= 0.3 is 0 Å². The van der Waals surface area contributed by atoms with Gasteiger partial charge in [0.05, 0.1) is 11.1 Å². The number of hydrogen-bond donors (Lipinski definition) is 2. The number of aryl methyl sites for hydroxylation is 1. The molecule has 2 rings (SSSR count). The quantitative estimate of drug-likeness (QED) is 0.887. The SMILES string of the molecule is CCCn1ccc2ccc(NC(=O)C(C)(C)N)cc21. The van der Waals surface area contributed by atoms with E-state index in [0.29, 0.717) is 0 Å². The van der Waals surface area contributed by atoms with Gasteiger partial charge in [0.1, 0.15) is 0 Å². The third-order valence-corrected chi connectivity index (χ3v) is 3.08. The molecular weight excluding hydrogens is 238 g/mol. The third-order valence-electron chi connectivity index (χ3n) is 3.08. The highest BCUT2D eigenvalue weighted by Gasteiger charge is 2.21. The summed E-state index contributed by atoms with van der Waals surface area (Å²) in [4.78, 5) is 11.9. The summed E-state index contributed by atoms with van der Waals surface area (Å²) in [5.74, 6) is -0.180. The molecule has 0 aliphatic heterocycles. The lowest BCUT2D eigenvalue weighted by atomic mass is 10.1. The van der Waals surface area contributed by atoms with Crippen LogP contribution in [-0.2, 0) is 11.3 Å². The zero-order valence-corrected chi connectivity index (χ0v) is 11.7. The predicted octanol–water partition coefficient (Wildman–Crippen LogP) is 2.73. The zero-order valence-electron chi connectivity index (χ0n) is 11.7. The van der Waals surface area contributed by atoms with Gasteiger partial charge in [0.25, 0.3) is 0 Å². The van der Waals surface area contributed by atoms with Crippen LogP contribution >= 0.6 is 0 Å². The Morgan fingerprint density at radius 2 is 2.11 bits per heavy atom. The average molecular weight is 259 g/mol. The molecule has 0 unspecified atom stereocenters. The van der Waals surface area contributed by atoms with E-state index in [-0.39, 0.29) is 5.91 Å². The molecule has 102 valence electrons. The van der Waals surface area contributed by atoms with E-state index in [9.17, 15) is 4.79 Å². The number of amides is 1. The summed E-state index contributed by atoms with van der Waals surface area (Å²) in [5, 5.41) is 4.03. The maximum absolute atomic E-state index is 11.9. The fourth-order valence-electron chi connectivity index (χ4n) is 1.99. The molecule has 0 spiro atoms. The van der Waals surface area contributed by atoms with Crippen LogP contribution in [-0.4, -0.2) is 16.0 Å². The predicted molar refractivity (Wildman–Crippen MR) is 79.1 cm³/mol. The van der Waals surface area contributed by atoms with E-state index < -0.39 is 5.54 Å². The van der Waals surface area contributed by atoms with Crippen molar-refractivity contribution in [1.29, 1.82) is 0 Å². The Balaban J connectivity index is 2.30. The topological polar surface area (TPSA) is 60.0 Å². The Morgan fingerprint density at radius 3 is 2.74 bits per heavy atom. The minimum Gasteiger partial charge on any atom is -0.347 e. The van der Waals surface area contributed by atoms with E-state index in [1.165, 1.54) is 5.39 Å². The van der Waals surface area contributed by atoms with Crippen LogP contribution in [0.2, 0.25) is 0 Å². The summed E-state index contributed by atoms with van der Waals surface area (Å²) in [6.07, 6.45) is 3.16. The Bertz CT molecular complexity index is 593. The van der Waals surface area contributed by atoms with Crippen molar-refractivity contribution in [2.24, 2.45) is 5.73 Å². The molecule has 0 radical (unpaired) electrons. The molecule has 1 heterocycles. The molecule has 1 aromatic heterocycles. The number of carbonyl (C=O) groups excluding carboxylic acids is 1. The van der Waals surface area contributed by atoms with Gasteiger partial charge in [-0.15, -0.1) is 0 Å². The lowest BCUT2D eigenvalue weighted by Crippen LogP contribution is -2.45.